The summed E-state index contributed by atoms with van der Waals surface area (Å²) in [6.07, 6.45) is 1.04. The van der Waals surface area contributed by atoms with Gasteiger partial charge in [-0.3, -0.25) is 9.59 Å². The monoisotopic (exact) mass is 430 g/mol. The Labute approximate surface area is 178 Å². The van der Waals surface area contributed by atoms with Gasteiger partial charge in [0, 0.05) is 13.1 Å². The van der Waals surface area contributed by atoms with Crippen LogP contribution < -0.4 is 4.90 Å². The van der Waals surface area contributed by atoms with Crippen LogP contribution in [0, 0.1) is 23.5 Å². The summed E-state index contributed by atoms with van der Waals surface area (Å²) in [7, 11) is 0. The van der Waals surface area contributed by atoms with E-state index in [1.165, 1.54) is 36.4 Å². The first-order valence-corrected chi connectivity index (χ1v) is 10.2. The number of halogens is 3. The van der Waals surface area contributed by atoms with Gasteiger partial charge in [-0.2, -0.15) is 0 Å². The van der Waals surface area contributed by atoms with Gasteiger partial charge in [0.25, 0.3) is 11.8 Å². The molecule has 2 aromatic carbocycles. The summed E-state index contributed by atoms with van der Waals surface area (Å²) in [4.78, 5) is 29.8. The maximum atomic E-state index is 13.6. The largest absolute Gasteiger partial charge is 0.366 e. The fourth-order valence-electron chi connectivity index (χ4n) is 4.39. The minimum Gasteiger partial charge on any atom is -0.366 e. The van der Waals surface area contributed by atoms with Crippen LogP contribution in [0.2, 0.25) is 5.02 Å². The molecule has 0 N–H and O–H groups in total. The minimum absolute atomic E-state index is 0.176. The van der Waals surface area contributed by atoms with Gasteiger partial charge in [0.1, 0.15) is 17.3 Å². The maximum absolute atomic E-state index is 13.6. The zero-order valence-electron chi connectivity index (χ0n) is 16.7. The molecule has 2 aliphatic heterocycles. The maximum Gasteiger partial charge on any atom is 0.282 e. The van der Waals surface area contributed by atoms with Crippen molar-refractivity contribution in [2.24, 2.45) is 11.8 Å². The van der Waals surface area contributed by atoms with Crippen LogP contribution in [0.4, 0.5) is 14.5 Å². The molecule has 2 amide bonds. The number of amides is 2. The number of hydrogen-bond acceptors (Lipinski definition) is 3. The van der Waals surface area contributed by atoms with Crippen LogP contribution in [-0.4, -0.2) is 29.8 Å². The predicted octanol–water partition coefficient (Wildman–Crippen LogP) is 4.88. The van der Waals surface area contributed by atoms with Gasteiger partial charge in [-0.25, -0.2) is 13.7 Å². The van der Waals surface area contributed by atoms with Gasteiger partial charge in [0.15, 0.2) is 0 Å². The molecule has 1 fully saturated rings. The Morgan fingerprint density at radius 2 is 1.57 bits per heavy atom. The van der Waals surface area contributed by atoms with Gasteiger partial charge < -0.3 is 4.90 Å². The molecule has 0 saturated carbocycles. The molecular weight excluding hydrogens is 410 g/mol. The predicted molar refractivity (Wildman–Crippen MR) is 112 cm³/mol. The van der Waals surface area contributed by atoms with E-state index >= 15 is 0 Å². The Bertz CT molecular complexity index is 1040. The van der Waals surface area contributed by atoms with Crippen LogP contribution in [0.5, 0.6) is 0 Å². The normalized spacial score (nSPS) is 22.3. The molecule has 0 radical (unpaired) electrons. The third-order valence-corrected chi connectivity index (χ3v) is 5.83. The Balaban J connectivity index is 1.84. The molecule has 2 aliphatic rings. The lowest BCUT2D eigenvalue weighted by molar-refractivity contribution is -0.120. The van der Waals surface area contributed by atoms with Crippen molar-refractivity contribution >= 4 is 34.7 Å². The third kappa shape index (κ3) is 3.60. The highest BCUT2D eigenvalue weighted by molar-refractivity contribution is 6.45. The minimum atomic E-state index is -0.634. The highest BCUT2D eigenvalue weighted by atomic mass is 35.5. The molecule has 0 spiro atoms. The lowest BCUT2D eigenvalue weighted by Crippen LogP contribution is -2.42. The molecule has 0 bridgehead atoms. The van der Waals surface area contributed by atoms with Crippen LogP contribution in [0.3, 0.4) is 0 Å². The first-order chi connectivity index (χ1) is 14.3. The lowest BCUT2D eigenvalue weighted by atomic mass is 9.91. The second-order valence-corrected chi connectivity index (χ2v) is 8.53. The second-order valence-electron chi connectivity index (χ2n) is 8.13. The molecular formula is C23H21ClF2N2O2. The summed E-state index contributed by atoms with van der Waals surface area (Å²) < 4.78 is 27.1. The van der Waals surface area contributed by atoms with E-state index in [4.69, 9.17) is 11.6 Å². The number of imide groups is 1. The molecule has 2 heterocycles. The SMILES string of the molecule is CC1CC(C)CN(C2=C(c3ccc(F)cc3)C(=O)N(c3ccc(F)c(Cl)c3)C2=O)C1. The van der Waals surface area contributed by atoms with Crippen LogP contribution in [0.1, 0.15) is 25.8 Å². The van der Waals surface area contributed by atoms with Crippen molar-refractivity contribution in [3.63, 3.8) is 0 Å². The van der Waals surface area contributed by atoms with Crippen molar-refractivity contribution in [3.05, 3.63) is 70.4 Å². The van der Waals surface area contributed by atoms with Crippen molar-refractivity contribution in [3.8, 4) is 0 Å². The first kappa shape index (κ1) is 20.5. The first-order valence-electron chi connectivity index (χ1n) is 9.85. The number of nitrogens with zero attached hydrogens (tertiary/aromatic N) is 2. The number of rotatable bonds is 3. The topological polar surface area (TPSA) is 40.6 Å². The quantitative estimate of drug-likeness (QED) is 0.651. The smallest absolute Gasteiger partial charge is 0.282 e. The standard InChI is InChI=1S/C23H21ClF2N2O2/c1-13-9-14(2)12-27(11-13)21-20(15-3-5-16(25)6-4-15)22(29)28(23(21)30)17-7-8-19(26)18(24)10-17/h3-8,10,13-14H,9,11-12H2,1-2H3. The Morgan fingerprint density at radius 1 is 0.933 bits per heavy atom. The van der Waals surface area contributed by atoms with Crippen LogP contribution in [0.15, 0.2) is 48.2 Å². The summed E-state index contributed by atoms with van der Waals surface area (Å²) in [5.41, 5.74) is 1.18. The highest BCUT2D eigenvalue weighted by Gasteiger charge is 2.43. The number of benzene rings is 2. The van der Waals surface area contributed by atoms with Crippen LogP contribution >= 0.6 is 11.6 Å². The zero-order valence-corrected chi connectivity index (χ0v) is 17.4. The number of hydrogen-bond donors (Lipinski definition) is 0. The van der Waals surface area contributed by atoms with E-state index in [-0.39, 0.29) is 16.3 Å². The molecule has 4 rings (SSSR count). The fourth-order valence-corrected chi connectivity index (χ4v) is 4.57. The second kappa shape index (κ2) is 7.84. The van der Waals surface area contributed by atoms with E-state index in [0.717, 1.165) is 17.4 Å². The molecule has 2 aromatic rings. The molecule has 0 aromatic heterocycles. The van der Waals surface area contributed by atoms with Gasteiger partial charge in [-0.1, -0.05) is 37.6 Å². The van der Waals surface area contributed by atoms with Crippen molar-refractivity contribution in [1.82, 2.24) is 4.90 Å². The molecule has 156 valence electrons. The summed E-state index contributed by atoms with van der Waals surface area (Å²) in [5.74, 6) is -1.37. The van der Waals surface area contributed by atoms with E-state index < -0.39 is 23.4 Å². The Kier molecular flexibility index (Phi) is 5.36. The van der Waals surface area contributed by atoms with Gasteiger partial charge in [0.2, 0.25) is 0 Å². The van der Waals surface area contributed by atoms with Gasteiger partial charge in [-0.05, 0) is 54.2 Å². The molecule has 30 heavy (non-hydrogen) atoms. The van der Waals surface area contributed by atoms with E-state index in [2.05, 4.69) is 13.8 Å². The van der Waals surface area contributed by atoms with Crippen molar-refractivity contribution < 1.29 is 18.4 Å². The van der Waals surface area contributed by atoms with E-state index in [9.17, 15) is 18.4 Å². The van der Waals surface area contributed by atoms with Gasteiger partial charge in [-0.15, -0.1) is 0 Å². The number of carbonyl (C=O) groups excluding carboxylic acids is 2. The molecule has 1 saturated heterocycles. The van der Waals surface area contributed by atoms with Crippen molar-refractivity contribution in [2.75, 3.05) is 18.0 Å². The summed E-state index contributed by atoms with van der Waals surface area (Å²) in [6.45, 7) is 5.50. The highest BCUT2D eigenvalue weighted by Crippen LogP contribution is 2.38. The van der Waals surface area contributed by atoms with Crippen LogP contribution in [-0.2, 0) is 9.59 Å². The molecule has 2 atom stereocenters. The number of likely N-dealkylation sites (tertiary alicyclic amines) is 1. The molecule has 4 nitrogen and oxygen atoms in total. The summed E-state index contributed by atoms with van der Waals surface area (Å²) in [6, 6.07) is 9.25. The average Bonchev–Trinajstić information content (AvgIpc) is 2.94. The lowest BCUT2D eigenvalue weighted by Gasteiger charge is -2.37. The van der Waals surface area contributed by atoms with Crippen molar-refractivity contribution in [1.29, 1.82) is 0 Å². The molecule has 7 heteroatoms. The van der Waals surface area contributed by atoms with Gasteiger partial charge >= 0.3 is 0 Å². The van der Waals surface area contributed by atoms with E-state index in [1.807, 2.05) is 4.90 Å². The Morgan fingerprint density at radius 3 is 2.17 bits per heavy atom. The summed E-state index contributed by atoms with van der Waals surface area (Å²) >= 11 is 5.89. The average molecular weight is 431 g/mol. The summed E-state index contributed by atoms with van der Waals surface area (Å²) in [5, 5.41) is -0.176. The fraction of sp³-hybridized carbons (Fsp3) is 0.304. The van der Waals surface area contributed by atoms with E-state index in [1.54, 1.807) is 0 Å². The van der Waals surface area contributed by atoms with Crippen LogP contribution in [0.25, 0.3) is 5.57 Å². The number of piperidine rings is 1. The third-order valence-electron chi connectivity index (χ3n) is 5.54. The number of anilines is 1. The molecule has 2 unspecified atom stereocenters. The molecule has 0 aliphatic carbocycles. The zero-order chi connectivity index (χ0) is 21.6. The van der Waals surface area contributed by atoms with Gasteiger partial charge in [0.05, 0.1) is 16.3 Å². The van der Waals surface area contributed by atoms with E-state index in [0.29, 0.717) is 36.2 Å². The van der Waals surface area contributed by atoms with Crippen molar-refractivity contribution in [2.45, 2.75) is 20.3 Å². The Hall–Kier alpha value is -2.73. The number of carbonyl (C=O) groups is 2.